The van der Waals surface area contributed by atoms with Gasteiger partial charge in [-0.05, 0) is 48.4 Å². The fourth-order valence-electron chi connectivity index (χ4n) is 5.14. The van der Waals surface area contributed by atoms with E-state index in [9.17, 15) is 26.7 Å². The molecule has 2 fully saturated rings. The van der Waals surface area contributed by atoms with Gasteiger partial charge in [-0.3, -0.25) is 9.55 Å². The molecule has 2 unspecified atom stereocenters. The van der Waals surface area contributed by atoms with Crippen LogP contribution in [0.15, 0.2) is 41.3 Å². The number of ether oxygens (including phenoxy) is 2. The standard InChI is InChI=1S/C24H19F5N4O3/c25-16-5-12(6-17(26)22(16)36-14-1-3-30-19(8-14)24(27,28)29)11-35-20-9-21-32-4-2-13-7-15(13)18(32)10-33(21)23(34)31-20/h1,3,5-6,8-9,13,15,18H,2,4,7,10-11H2/t13?,15?,18-/m0/s1. The second-order valence-corrected chi connectivity index (χ2v) is 9.21. The molecule has 188 valence electrons. The summed E-state index contributed by atoms with van der Waals surface area (Å²) in [4.78, 5) is 21.9. The van der Waals surface area contributed by atoms with E-state index in [1.165, 1.54) is 6.42 Å². The Balaban J connectivity index is 1.18. The normalized spacial score (nSPS) is 22.0. The molecule has 36 heavy (non-hydrogen) atoms. The first-order chi connectivity index (χ1) is 17.2. The summed E-state index contributed by atoms with van der Waals surface area (Å²) in [6.07, 6.45) is -1.64. The van der Waals surface area contributed by atoms with Crippen molar-refractivity contribution in [2.24, 2.45) is 11.8 Å². The highest BCUT2D eigenvalue weighted by atomic mass is 19.4. The number of halogens is 5. The molecule has 2 aromatic heterocycles. The predicted molar refractivity (Wildman–Crippen MR) is 116 cm³/mol. The van der Waals surface area contributed by atoms with Gasteiger partial charge in [-0.25, -0.2) is 13.6 Å². The van der Waals surface area contributed by atoms with Gasteiger partial charge in [0, 0.05) is 31.4 Å². The summed E-state index contributed by atoms with van der Waals surface area (Å²) in [5.41, 5.74) is -1.61. The van der Waals surface area contributed by atoms with Crippen molar-refractivity contribution in [3.8, 4) is 17.4 Å². The Morgan fingerprint density at radius 3 is 2.64 bits per heavy atom. The molecule has 1 saturated carbocycles. The Morgan fingerprint density at radius 2 is 1.89 bits per heavy atom. The second kappa shape index (κ2) is 8.17. The first-order valence-electron chi connectivity index (χ1n) is 11.4. The molecule has 6 rings (SSSR count). The Bertz CT molecular complexity index is 1390. The van der Waals surface area contributed by atoms with Crippen LogP contribution >= 0.6 is 0 Å². The van der Waals surface area contributed by atoms with Gasteiger partial charge >= 0.3 is 11.9 Å². The van der Waals surface area contributed by atoms with E-state index in [-0.39, 0.29) is 24.1 Å². The number of piperidine rings is 1. The third kappa shape index (κ3) is 4.03. The third-order valence-electron chi connectivity index (χ3n) is 6.93. The van der Waals surface area contributed by atoms with E-state index < -0.39 is 40.7 Å². The van der Waals surface area contributed by atoms with Crippen molar-refractivity contribution in [3.63, 3.8) is 0 Å². The van der Waals surface area contributed by atoms with Gasteiger partial charge in [0.2, 0.25) is 5.88 Å². The summed E-state index contributed by atoms with van der Waals surface area (Å²) >= 11 is 0. The summed E-state index contributed by atoms with van der Waals surface area (Å²) in [6, 6.07) is 5.44. The molecule has 7 nitrogen and oxygen atoms in total. The smallest absolute Gasteiger partial charge is 0.433 e. The molecule has 12 heteroatoms. The van der Waals surface area contributed by atoms with Crippen LogP contribution in [-0.4, -0.2) is 27.1 Å². The van der Waals surface area contributed by atoms with Crippen LogP contribution in [0.5, 0.6) is 17.4 Å². The minimum absolute atomic E-state index is 0.0439. The topological polar surface area (TPSA) is 69.5 Å². The van der Waals surface area contributed by atoms with E-state index in [4.69, 9.17) is 9.47 Å². The van der Waals surface area contributed by atoms with E-state index >= 15 is 0 Å². The van der Waals surface area contributed by atoms with Crippen LogP contribution in [0, 0.1) is 23.5 Å². The zero-order valence-corrected chi connectivity index (χ0v) is 18.6. The molecule has 0 bridgehead atoms. The molecule has 0 radical (unpaired) electrons. The summed E-state index contributed by atoms with van der Waals surface area (Å²) in [6.45, 7) is 1.17. The maximum Gasteiger partial charge on any atom is 0.433 e. The zero-order chi connectivity index (χ0) is 25.2. The largest absolute Gasteiger partial charge is 0.473 e. The van der Waals surface area contributed by atoms with Crippen molar-refractivity contribution < 1.29 is 31.4 Å². The minimum atomic E-state index is -4.74. The molecule has 3 aromatic rings. The van der Waals surface area contributed by atoms with Crippen molar-refractivity contribution >= 4 is 5.82 Å². The lowest BCUT2D eigenvalue weighted by molar-refractivity contribution is -0.141. The van der Waals surface area contributed by atoms with Crippen LogP contribution in [-0.2, 0) is 19.3 Å². The summed E-state index contributed by atoms with van der Waals surface area (Å²) in [7, 11) is 0. The molecule has 4 heterocycles. The highest BCUT2D eigenvalue weighted by Crippen LogP contribution is 2.52. The molecule has 1 aromatic carbocycles. The van der Waals surface area contributed by atoms with Crippen LogP contribution in [0.1, 0.15) is 24.1 Å². The van der Waals surface area contributed by atoms with E-state index in [2.05, 4.69) is 14.9 Å². The molecule has 2 aliphatic heterocycles. The molecular formula is C24H19F5N4O3. The van der Waals surface area contributed by atoms with Gasteiger partial charge in [0.1, 0.15) is 23.9 Å². The number of hydrogen-bond donors (Lipinski definition) is 0. The Labute approximate surface area is 201 Å². The molecule has 3 atom stereocenters. The number of alkyl halides is 3. The van der Waals surface area contributed by atoms with Crippen LogP contribution in [0.2, 0.25) is 0 Å². The predicted octanol–water partition coefficient (Wildman–Crippen LogP) is 4.54. The molecule has 0 N–H and O–H groups in total. The Kier molecular flexibility index (Phi) is 5.16. The van der Waals surface area contributed by atoms with Crippen molar-refractivity contribution in [3.05, 3.63) is 69.9 Å². The number of aromatic nitrogens is 3. The Hall–Kier alpha value is -3.70. The summed E-state index contributed by atoms with van der Waals surface area (Å²) < 4.78 is 79.9. The lowest BCUT2D eigenvalue weighted by atomic mass is 10.0. The van der Waals surface area contributed by atoms with E-state index in [1.54, 1.807) is 10.6 Å². The molecular weight excluding hydrogens is 487 g/mol. The fourth-order valence-corrected chi connectivity index (χ4v) is 5.14. The Morgan fingerprint density at radius 1 is 1.11 bits per heavy atom. The fraction of sp³-hybridized carbons (Fsp3) is 0.375. The minimum Gasteiger partial charge on any atom is -0.473 e. The maximum absolute atomic E-state index is 14.6. The van der Waals surface area contributed by atoms with Crippen LogP contribution in [0.25, 0.3) is 0 Å². The monoisotopic (exact) mass is 506 g/mol. The summed E-state index contributed by atoms with van der Waals surface area (Å²) in [5.74, 6) is -1.42. The number of rotatable bonds is 5. The molecule has 1 saturated heterocycles. The van der Waals surface area contributed by atoms with Gasteiger partial charge in [0.15, 0.2) is 17.4 Å². The van der Waals surface area contributed by atoms with Gasteiger partial charge in [0.05, 0.1) is 6.04 Å². The van der Waals surface area contributed by atoms with E-state index in [0.717, 1.165) is 49.1 Å². The first-order valence-corrected chi connectivity index (χ1v) is 11.4. The van der Waals surface area contributed by atoms with Crippen molar-refractivity contribution in [1.82, 2.24) is 14.5 Å². The number of pyridine rings is 1. The van der Waals surface area contributed by atoms with E-state index in [1.807, 2.05) is 0 Å². The third-order valence-corrected chi connectivity index (χ3v) is 6.93. The average Bonchev–Trinajstić information content (AvgIpc) is 3.53. The lowest BCUT2D eigenvalue weighted by Gasteiger charge is -2.30. The molecule has 0 amide bonds. The van der Waals surface area contributed by atoms with Gasteiger partial charge < -0.3 is 14.4 Å². The number of nitrogens with zero attached hydrogens (tertiary/aromatic N) is 4. The first kappa shape index (κ1) is 22.7. The van der Waals surface area contributed by atoms with Crippen LogP contribution in [0.3, 0.4) is 0 Å². The highest BCUT2D eigenvalue weighted by molar-refractivity contribution is 5.49. The van der Waals surface area contributed by atoms with Crippen molar-refractivity contribution in [2.75, 3.05) is 11.4 Å². The number of hydrogen-bond acceptors (Lipinski definition) is 6. The SMILES string of the molecule is O=c1nc(OCc2cc(F)c(Oc3ccnc(C(F)(F)F)c3)c(F)c2)cc2n1C[C@H]1C3CC3CCN21. The maximum atomic E-state index is 14.6. The van der Waals surface area contributed by atoms with Crippen molar-refractivity contribution in [2.45, 2.75) is 38.2 Å². The number of anilines is 1. The second-order valence-electron chi connectivity index (χ2n) is 9.21. The van der Waals surface area contributed by atoms with Gasteiger partial charge in [-0.15, -0.1) is 0 Å². The highest BCUT2D eigenvalue weighted by Gasteiger charge is 2.51. The molecule has 3 aliphatic rings. The quantitative estimate of drug-likeness (QED) is 0.474. The molecule has 1 aliphatic carbocycles. The van der Waals surface area contributed by atoms with Gasteiger partial charge in [-0.2, -0.15) is 18.2 Å². The van der Waals surface area contributed by atoms with Crippen LogP contribution in [0.4, 0.5) is 27.8 Å². The van der Waals surface area contributed by atoms with Crippen molar-refractivity contribution in [1.29, 1.82) is 0 Å². The number of fused-ring (bicyclic) bond motifs is 5. The number of benzene rings is 1. The summed E-state index contributed by atoms with van der Waals surface area (Å²) in [5, 5.41) is 0. The zero-order valence-electron chi connectivity index (χ0n) is 18.6. The van der Waals surface area contributed by atoms with Gasteiger partial charge in [-0.1, -0.05) is 0 Å². The van der Waals surface area contributed by atoms with E-state index in [0.29, 0.717) is 18.5 Å². The average molecular weight is 506 g/mol. The van der Waals surface area contributed by atoms with Gasteiger partial charge in [0.25, 0.3) is 0 Å². The van der Waals surface area contributed by atoms with Crippen LogP contribution < -0.4 is 20.1 Å². The lowest BCUT2D eigenvalue weighted by Crippen LogP contribution is -2.38. The molecule has 0 spiro atoms.